The number of nitrogens with zero attached hydrogens (tertiary/aromatic N) is 2. The van der Waals surface area contributed by atoms with E-state index in [1.165, 1.54) is 18.5 Å². The van der Waals surface area contributed by atoms with E-state index < -0.39 is 0 Å². The van der Waals surface area contributed by atoms with Crippen molar-refractivity contribution < 1.29 is 4.79 Å². The molecule has 0 atom stereocenters. The number of carbonyl (C=O) groups excluding carboxylic acids is 1. The minimum absolute atomic E-state index is 0.173. The van der Waals surface area contributed by atoms with Gasteiger partial charge in [-0.3, -0.25) is 9.59 Å². The number of H-pyrrole nitrogens is 1. The average molecular weight is 278 g/mol. The third-order valence-corrected chi connectivity index (χ3v) is 3.60. The van der Waals surface area contributed by atoms with Crippen LogP contribution in [0.15, 0.2) is 23.3 Å². The smallest absolute Gasteiger partial charge is 0.256 e. The fraction of sp³-hybridized carbons (Fsp3) is 0.571. The van der Waals surface area contributed by atoms with Gasteiger partial charge in [-0.2, -0.15) is 0 Å². The van der Waals surface area contributed by atoms with E-state index in [9.17, 15) is 9.59 Å². The van der Waals surface area contributed by atoms with E-state index in [1.807, 2.05) is 0 Å². The highest BCUT2D eigenvalue weighted by Gasteiger charge is 2.13. The molecule has 1 amide bonds. The van der Waals surface area contributed by atoms with Crippen LogP contribution >= 0.6 is 0 Å². The van der Waals surface area contributed by atoms with Gasteiger partial charge in [-0.25, -0.2) is 0 Å². The highest BCUT2D eigenvalue weighted by atomic mass is 16.2. The predicted octanol–water partition coefficient (Wildman–Crippen LogP) is -0.258. The van der Waals surface area contributed by atoms with Crippen LogP contribution < -0.4 is 10.7 Å². The molecule has 2 N–H and O–H groups in total. The van der Waals surface area contributed by atoms with Gasteiger partial charge in [0.2, 0.25) is 0 Å². The topological polar surface area (TPSA) is 68.4 Å². The summed E-state index contributed by atoms with van der Waals surface area (Å²) in [7, 11) is 2.13. The first kappa shape index (κ1) is 14.7. The van der Waals surface area contributed by atoms with Crippen LogP contribution in [-0.4, -0.2) is 67.0 Å². The largest absolute Gasteiger partial charge is 0.367 e. The van der Waals surface area contributed by atoms with Crippen LogP contribution in [0.4, 0.5) is 0 Å². The van der Waals surface area contributed by atoms with Gasteiger partial charge in [0.05, 0.1) is 0 Å². The zero-order valence-corrected chi connectivity index (χ0v) is 11.9. The van der Waals surface area contributed by atoms with Gasteiger partial charge in [0.1, 0.15) is 5.56 Å². The molecule has 6 heteroatoms. The van der Waals surface area contributed by atoms with Crippen molar-refractivity contribution in [2.24, 2.45) is 0 Å². The van der Waals surface area contributed by atoms with Crippen molar-refractivity contribution in [3.05, 3.63) is 34.2 Å². The molecule has 1 aromatic rings. The lowest BCUT2D eigenvalue weighted by Crippen LogP contribution is -2.45. The number of aromatic nitrogens is 1. The highest BCUT2D eigenvalue weighted by Crippen LogP contribution is 1.99. The molecular weight excluding hydrogens is 256 g/mol. The summed E-state index contributed by atoms with van der Waals surface area (Å²) in [4.78, 5) is 30.8. The minimum atomic E-state index is -0.301. The fourth-order valence-corrected chi connectivity index (χ4v) is 2.26. The summed E-state index contributed by atoms with van der Waals surface area (Å²) in [6, 6.07) is 1.36. The second kappa shape index (κ2) is 7.21. The van der Waals surface area contributed by atoms with Gasteiger partial charge >= 0.3 is 0 Å². The number of hydrogen-bond acceptors (Lipinski definition) is 4. The van der Waals surface area contributed by atoms with Crippen molar-refractivity contribution in [1.29, 1.82) is 0 Å². The van der Waals surface area contributed by atoms with Gasteiger partial charge in [0.25, 0.3) is 5.91 Å². The van der Waals surface area contributed by atoms with Gasteiger partial charge in [-0.1, -0.05) is 0 Å². The van der Waals surface area contributed by atoms with Crippen LogP contribution in [0.25, 0.3) is 0 Å². The maximum absolute atomic E-state index is 11.8. The molecule has 6 nitrogen and oxygen atoms in total. The Morgan fingerprint density at radius 2 is 2.10 bits per heavy atom. The van der Waals surface area contributed by atoms with Gasteiger partial charge in [0, 0.05) is 51.2 Å². The summed E-state index contributed by atoms with van der Waals surface area (Å²) in [5.74, 6) is -0.301. The number of likely N-dealkylation sites (N-methyl/N-ethyl adjacent to an activating group) is 1. The van der Waals surface area contributed by atoms with Crippen molar-refractivity contribution >= 4 is 5.91 Å². The number of rotatable bonds is 5. The van der Waals surface area contributed by atoms with Crippen LogP contribution in [-0.2, 0) is 0 Å². The van der Waals surface area contributed by atoms with Gasteiger partial charge in [-0.05, 0) is 20.0 Å². The van der Waals surface area contributed by atoms with E-state index in [1.54, 1.807) is 0 Å². The van der Waals surface area contributed by atoms with Crippen LogP contribution in [0, 0.1) is 0 Å². The molecule has 2 rings (SSSR count). The molecule has 0 radical (unpaired) electrons. The summed E-state index contributed by atoms with van der Waals surface area (Å²) < 4.78 is 0. The Hall–Kier alpha value is -1.66. The molecule has 20 heavy (non-hydrogen) atoms. The van der Waals surface area contributed by atoms with Gasteiger partial charge in [0.15, 0.2) is 5.43 Å². The Morgan fingerprint density at radius 3 is 2.80 bits per heavy atom. The number of carbonyl (C=O) groups is 1. The lowest BCUT2D eigenvalue weighted by atomic mass is 10.2. The maximum atomic E-state index is 11.8. The SMILES string of the molecule is CN1CCN(CCCNC(=O)c2c[nH]ccc2=O)CC1. The van der Waals surface area contributed by atoms with Gasteiger partial charge < -0.3 is 20.1 Å². The Kier molecular flexibility index (Phi) is 5.31. The monoisotopic (exact) mass is 278 g/mol. The van der Waals surface area contributed by atoms with E-state index in [-0.39, 0.29) is 16.9 Å². The number of amides is 1. The van der Waals surface area contributed by atoms with Crippen molar-refractivity contribution in [2.45, 2.75) is 6.42 Å². The Morgan fingerprint density at radius 1 is 1.35 bits per heavy atom. The molecule has 1 aliphatic rings. The Bertz CT molecular complexity index is 492. The third kappa shape index (κ3) is 4.18. The highest BCUT2D eigenvalue weighted by molar-refractivity contribution is 5.93. The molecule has 1 saturated heterocycles. The molecule has 1 aromatic heterocycles. The summed E-state index contributed by atoms with van der Waals surface area (Å²) in [5, 5.41) is 2.79. The van der Waals surface area contributed by atoms with Crippen molar-refractivity contribution in [2.75, 3.05) is 46.3 Å². The van der Waals surface area contributed by atoms with E-state index in [0.29, 0.717) is 6.54 Å². The molecule has 0 aliphatic carbocycles. The van der Waals surface area contributed by atoms with E-state index in [0.717, 1.165) is 39.1 Å². The first-order valence-corrected chi connectivity index (χ1v) is 7.03. The second-order valence-corrected chi connectivity index (χ2v) is 5.18. The molecule has 0 unspecified atom stereocenters. The molecule has 0 saturated carbocycles. The zero-order valence-electron chi connectivity index (χ0n) is 11.9. The standard InChI is InChI=1S/C14H22N4O2/c1-17-7-9-18(10-8-17)6-2-4-16-14(20)12-11-15-5-3-13(12)19/h3,5,11H,2,4,6-10H2,1H3,(H,15,19)(H,16,20). The molecule has 1 aliphatic heterocycles. The Balaban J connectivity index is 1.67. The van der Waals surface area contributed by atoms with Crippen molar-refractivity contribution in [1.82, 2.24) is 20.1 Å². The lowest BCUT2D eigenvalue weighted by molar-refractivity contribution is 0.0948. The summed E-state index contributed by atoms with van der Waals surface area (Å²) >= 11 is 0. The third-order valence-electron chi connectivity index (χ3n) is 3.60. The zero-order chi connectivity index (χ0) is 14.4. The molecular formula is C14H22N4O2. The summed E-state index contributed by atoms with van der Waals surface area (Å²) in [6.07, 6.45) is 3.87. The van der Waals surface area contributed by atoms with E-state index in [4.69, 9.17) is 0 Å². The van der Waals surface area contributed by atoms with E-state index >= 15 is 0 Å². The molecule has 2 heterocycles. The van der Waals surface area contributed by atoms with Crippen LogP contribution in [0.2, 0.25) is 0 Å². The molecule has 110 valence electrons. The van der Waals surface area contributed by atoms with Crippen LogP contribution in [0.1, 0.15) is 16.8 Å². The van der Waals surface area contributed by atoms with Crippen LogP contribution in [0.3, 0.4) is 0 Å². The average Bonchev–Trinajstić information content (AvgIpc) is 2.46. The quantitative estimate of drug-likeness (QED) is 0.728. The fourth-order valence-electron chi connectivity index (χ4n) is 2.26. The number of aromatic amines is 1. The Labute approximate surface area is 118 Å². The molecule has 0 spiro atoms. The number of nitrogens with one attached hydrogen (secondary N) is 2. The molecule has 0 aromatic carbocycles. The summed E-state index contributed by atoms with van der Waals surface area (Å²) in [6.45, 7) is 5.96. The van der Waals surface area contributed by atoms with E-state index in [2.05, 4.69) is 27.1 Å². The first-order valence-electron chi connectivity index (χ1n) is 7.03. The maximum Gasteiger partial charge on any atom is 0.256 e. The summed E-state index contributed by atoms with van der Waals surface area (Å²) in [5.41, 5.74) is -0.0765. The number of piperazine rings is 1. The first-order chi connectivity index (χ1) is 9.66. The number of hydrogen-bond donors (Lipinski definition) is 2. The predicted molar refractivity (Wildman–Crippen MR) is 77.9 cm³/mol. The van der Waals surface area contributed by atoms with Crippen LogP contribution in [0.5, 0.6) is 0 Å². The number of pyridine rings is 1. The normalized spacial score (nSPS) is 17.1. The lowest BCUT2D eigenvalue weighted by Gasteiger charge is -2.32. The minimum Gasteiger partial charge on any atom is -0.367 e. The van der Waals surface area contributed by atoms with Gasteiger partial charge in [-0.15, -0.1) is 0 Å². The van der Waals surface area contributed by atoms with Crippen molar-refractivity contribution in [3.8, 4) is 0 Å². The van der Waals surface area contributed by atoms with Crippen molar-refractivity contribution in [3.63, 3.8) is 0 Å². The molecule has 1 fully saturated rings. The second-order valence-electron chi connectivity index (χ2n) is 5.18. The molecule has 0 bridgehead atoms.